The first-order valence-electron chi connectivity index (χ1n) is 9.98. The zero-order valence-electron chi connectivity index (χ0n) is 16.4. The Hall–Kier alpha value is -3.23. The molecule has 1 atom stereocenters. The number of hydrogen-bond donors (Lipinski definition) is 2. The van der Waals surface area contributed by atoms with Gasteiger partial charge in [0.15, 0.2) is 0 Å². The van der Waals surface area contributed by atoms with Gasteiger partial charge in [0.2, 0.25) is 0 Å². The van der Waals surface area contributed by atoms with Gasteiger partial charge >= 0.3 is 0 Å². The van der Waals surface area contributed by atoms with Gasteiger partial charge in [0, 0.05) is 30.7 Å². The summed E-state index contributed by atoms with van der Waals surface area (Å²) in [7, 11) is 0. The van der Waals surface area contributed by atoms with E-state index in [-0.39, 0.29) is 11.9 Å². The Kier molecular flexibility index (Phi) is 4.94. The van der Waals surface area contributed by atoms with Gasteiger partial charge in [-0.1, -0.05) is 18.2 Å². The Bertz CT molecular complexity index is 1200. The van der Waals surface area contributed by atoms with Gasteiger partial charge in [0.1, 0.15) is 5.00 Å². The number of benzene rings is 1. The van der Waals surface area contributed by atoms with Crippen molar-refractivity contribution in [2.75, 3.05) is 23.3 Å². The summed E-state index contributed by atoms with van der Waals surface area (Å²) >= 11 is 1.41. The number of hydrogen-bond acceptors (Lipinski definition) is 6. The number of amides is 1. The van der Waals surface area contributed by atoms with Gasteiger partial charge in [-0.2, -0.15) is 5.10 Å². The summed E-state index contributed by atoms with van der Waals surface area (Å²) in [6.07, 6.45) is 7.35. The highest BCUT2D eigenvalue weighted by atomic mass is 32.1. The van der Waals surface area contributed by atoms with Gasteiger partial charge in [-0.25, -0.2) is 4.68 Å². The van der Waals surface area contributed by atoms with E-state index in [1.165, 1.54) is 11.3 Å². The summed E-state index contributed by atoms with van der Waals surface area (Å²) < 4.78 is 1.86. The molecule has 4 heterocycles. The molecule has 0 saturated carbocycles. The van der Waals surface area contributed by atoms with E-state index >= 15 is 0 Å². The molecule has 152 valence electrons. The van der Waals surface area contributed by atoms with Crippen LogP contribution >= 0.6 is 11.3 Å². The number of nitrogens with one attached hydrogen (secondary N) is 1. The van der Waals surface area contributed by atoms with Crippen LogP contribution in [-0.2, 0) is 0 Å². The number of carbonyl (C=O) groups is 1. The van der Waals surface area contributed by atoms with Crippen LogP contribution in [0.2, 0.25) is 0 Å². The fraction of sp³-hybridized carbons (Fsp3) is 0.227. The van der Waals surface area contributed by atoms with Crippen molar-refractivity contribution in [3.8, 4) is 5.00 Å². The van der Waals surface area contributed by atoms with Crippen molar-refractivity contribution in [2.24, 2.45) is 5.73 Å². The molecule has 0 bridgehead atoms. The molecule has 3 N–H and O–H groups in total. The molecule has 3 aromatic heterocycles. The van der Waals surface area contributed by atoms with E-state index in [1.54, 1.807) is 12.4 Å². The van der Waals surface area contributed by atoms with Gasteiger partial charge in [-0.05, 0) is 37.1 Å². The zero-order valence-corrected chi connectivity index (χ0v) is 17.2. The topological polar surface area (TPSA) is 89.1 Å². The van der Waals surface area contributed by atoms with E-state index in [0.29, 0.717) is 10.6 Å². The number of nitrogens with zero attached hydrogens (tertiary/aromatic N) is 4. The molecule has 5 rings (SSSR count). The minimum atomic E-state index is -0.154. The molecule has 1 fully saturated rings. The van der Waals surface area contributed by atoms with E-state index in [4.69, 9.17) is 5.73 Å². The molecular formula is C22H22N6OS. The van der Waals surface area contributed by atoms with Crippen molar-refractivity contribution in [3.05, 3.63) is 65.9 Å². The van der Waals surface area contributed by atoms with Crippen LogP contribution in [0.4, 0.5) is 11.4 Å². The standard InChI is InChI=1S/C22H22N6OS/c23-16-5-3-11-27(14-16)19-9-10-24-13-17(19)26-22(29)20-7-8-21(30-20)28-18-6-2-1-4-15(18)12-25-28/h1-2,4,6-10,12-13,16H,3,5,11,14,23H2,(H,26,29)/t16-/m0/s1. The first-order chi connectivity index (χ1) is 14.7. The minimum Gasteiger partial charge on any atom is -0.368 e. The lowest BCUT2D eigenvalue weighted by Gasteiger charge is -2.33. The van der Waals surface area contributed by atoms with Gasteiger partial charge in [0.25, 0.3) is 5.91 Å². The van der Waals surface area contributed by atoms with Crippen LogP contribution in [0.15, 0.2) is 61.1 Å². The van der Waals surface area contributed by atoms with Gasteiger partial charge in [-0.3, -0.25) is 9.78 Å². The minimum absolute atomic E-state index is 0.152. The van der Waals surface area contributed by atoms with Gasteiger partial charge in [-0.15, -0.1) is 11.3 Å². The Morgan fingerprint density at radius 3 is 2.97 bits per heavy atom. The summed E-state index contributed by atoms with van der Waals surface area (Å²) in [5.41, 5.74) is 8.82. The van der Waals surface area contributed by atoms with E-state index in [1.807, 2.05) is 53.3 Å². The maximum Gasteiger partial charge on any atom is 0.265 e. The number of aromatic nitrogens is 3. The highest BCUT2D eigenvalue weighted by Gasteiger charge is 2.21. The number of fused-ring (bicyclic) bond motifs is 1. The number of piperidine rings is 1. The summed E-state index contributed by atoms with van der Waals surface area (Å²) in [6, 6.07) is 13.9. The van der Waals surface area contributed by atoms with Crippen molar-refractivity contribution >= 4 is 39.5 Å². The Labute approximate surface area is 178 Å². The number of anilines is 2. The number of nitrogens with two attached hydrogens (primary N) is 1. The second-order valence-electron chi connectivity index (χ2n) is 7.45. The number of carbonyl (C=O) groups excluding carboxylic acids is 1. The predicted molar refractivity (Wildman–Crippen MR) is 121 cm³/mol. The average Bonchev–Trinajstić information content (AvgIpc) is 3.41. The average molecular weight is 419 g/mol. The smallest absolute Gasteiger partial charge is 0.265 e. The first-order valence-corrected chi connectivity index (χ1v) is 10.8. The second-order valence-corrected chi connectivity index (χ2v) is 8.51. The number of pyridine rings is 1. The van der Waals surface area contributed by atoms with Crippen molar-refractivity contribution in [2.45, 2.75) is 18.9 Å². The third kappa shape index (κ3) is 3.55. The predicted octanol–water partition coefficient (Wildman–Crippen LogP) is 3.66. The van der Waals surface area contributed by atoms with Crippen molar-refractivity contribution in [1.29, 1.82) is 0 Å². The maximum atomic E-state index is 13.0. The molecule has 1 amide bonds. The summed E-state index contributed by atoms with van der Waals surface area (Å²) in [5, 5.41) is 9.47. The normalized spacial score (nSPS) is 16.7. The van der Waals surface area contributed by atoms with Crippen LogP contribution in [0.1, 0.15) is 22.5 Å². The third-order valence-corrected chi connectivity index (χ3v) is 6.41. The number of thiophene rings is 1. The molecule has 0 spiro atoms. The molecule has 7 nitrogen and oxygen atoms in total. The molecule has 0 radical (unpaired) electrons. The first kappa shape index (κ1) is 18.8. The fourth-order valence-corrected chi connectivity index (χ4v) is 4.76. The second kappa shape index (κ2) is 7.89. The van der Waals surface area contributed by atoms with E-state index in [0.717, 1.165) is 47.5 Å². The SMILES string of the molecule is N[C@H]1CCCN(c2ccncc2NC(=O)c2ccc(-n3ncc4ccccc43)s2)C1. The monoisotopic (exact) mass is 418 g/mol. The lowest BCUT2D eigenvalue weighted by atomic mass is 10.1. The van der Waals surface area contributed by atoms with Crippen LogP contribution in [0, 0.1) is 0 Å². The van der Waals surface area contributed by atoms with Crippen molar-refractivity contribution < 1.29 is 4.79 Å². The highest BCUT2D eigenvalue weighted by molar-refractivity contribution is 7.16. The quantitative estimate of drug-likeness (QED) is 0.528. The van der Waals surface area contributed by atoms with Gasteiger partial charge < -0.3 is 16.0 Å². The Morgan fingerprint density at radius 1 is 1.17 bits per heavy atom. The number of para-hydroxylation sites is 1. The fourth-order valence-electron chi connectivity index (χ4n) is 3.88. The summed E-state index contributed by atoms with van der Waals surface area (Å²) in [6.45, 7) is 1.71. The van der Waals surface area contributed by atoms with Crippen LogP contribution in [0.5, 0.6) is 0 Å². The molecule has 30 heavy (non-hydrogen) atoms. The lowest BCUT2D eigenvalue weighted by Crippen LogP contribution is -2.43. The largest absolute Gasteiger partial charge is 0.368 e. The molecular weight excluding hydrogens is 396 g/mol. The molecule has 0 aliphatic carbocycles. The highest BCUT2D eigenvalue weighted by Crippen LogP contribution is 2.29. The molecule has 8 heteroatoms. The van der Waals surface area contributed by atoms with Crippen molar-refractivity contribution in [3.63, 3.8) is 0 Å². The van der Waals surface area contributed by atoms with Crippen LogP contribution in [-0.4, -0.2) is 39.8 Å². The maximum absolute atomic E-state index is 13.0. The molecule has 1 saturated heterocycles. The summed E-state index contributed by atoms with van der Waals surface area (Å²) in [4.78, 5) is 20.0. The third-order valence-electron chi connectivity index (χ3n) is 5.35. The molecule has 1 aliphatic rings. The van der Waals surface area contributed by atoms with E-state index in [2.05, 4.69) is 20.3 Å². The molecule has 1 aliphatic heterocycles. The zero-order chi connectivity index (χ0) is 20.5. The lowest BCUT2D eigenvalue weighted by molar-refractivity contribution is 0.103. The Balaban J connectivity index is 1.38. The van der Waals surface area contributed by atoms with E-state index < -0.39 is 0 Å². The van der Waals surface area contributed by atoms with Crippen LogP contribution < -0.4 is 16.0 Å². The molecule has 0 unspecified atom stereocenters. The number of rotatable bonds is 4. The molecule has 4 aromatic rings. The van der Waals surface area contributed by atoms with Crippen LogP contribution in [0.25, 0.3) is 15.9 Å². The van der Waals surface area contributed by atoms with Gasteiger partial charge in [0.05, 0.1) is 34.2 Å². The van der Waals surface area contributed by atoms with Crippen LogP contribution in [0.3, 0.4) is 0 Å². The van der Waals surface area contributed by atoms with E-state index in [9.17, 15) is 4.79 Å². The molecule has 1 aromatic carbocycles. The van der Waals surface area contributed by atoms with Crippen molar-refractivity contribution in [1.82, 2.24) is 14.8 Å². The summed E-state index contributed by atoms with van der Waals surface area (Å²) in [5.74, 6) is -0.154. The Morgan fingerprint density at radius 2 is 2.07 bits per heavy atom.